The van der Waals surface area contributed by atoms with Crippen LogP contribution in [0, 0.1) is 11.8 Å². The summed E-state index contributed by atoms with van der Waals surface area (Å²) in [5.74, 6) is 1.64. The van der Waals surface area contributed by atoms with Crippen molar-refractivity contribution in [3.63, 3.8) is 0 Å². The molecular formula is C10H14N2. The van der Waals surface area contributed by atoms with Gasteiger partial charge in [0.1, 0.15) is 0 Å². The fourth-order valence-electron chi connectivity index (χ4n) is 1.62. The maximum absolute atomic E-state index is 4.19. The van der Waals surface area contributed by atoms with Gasteiger partial charge in [-0.05, 0) is 18.3 Å². The van der Waals surface area contributed by atoms with Gasteiger partial charge in [0.25, 0.3) is 0 Å². The van der Waals surface area contributed by atoms with Gasteiger partial charge in [0.15, 0.2) is 0 Å². The van der Waals surface area contributed by atoms with Gasteiger partial charge in [-0.3, -0.25) is 0 Å². The number of aromatic amines is 1. The molecule has 2 unspecified atom stereocenters. The number of nitrogens with zero attached hydrogens (tertiary/aromatic N) is 1. The molecule has 0 saturated heterocycles. The van der Waals surface area contributed by atoms with Crippen molar-refractivity contribution in [1.29, 1.82) is 0 Å². The Kier molecular flexibility index (Phi) is 1.75. The Bertz CT molecular complexity index is 340. The normalized spacial score (nSPS) is 28.2. The van der Waals surface area contributed by atoms with Gasteiger partial charge in [0.05, 0.1) is 17.0 Å². The molecule has 64 valence electrons. The van der Waals surface area contributed by atoms with Crippen LogP contribution < -0.4 is 10.7 Å². The van der Waals surface area contributed by atoms with Crippen LogP contribution in [0.1, 0.15) is 20.3 Å². The smallest absolute Gasteiger partial charge is 0.0931 e. The van der Waals surface area contributed by atoms with Crippen molar-refractivity contribution in [2.24, 2.45) is 11.8 Å². The Morgan fingerprint density at radius 1 is 1.33 bits per heavy atom. The predicted molar refractivity (Wildman–Crippen MR) is 49.7 cm³/mol. The molecule has 0 radical (unpaired) electrons. The van der Waals surface area contributed by atoms with Crippen molar-refractivity contribution in [1.82, 2.24) is 9.97 Å². The van der Waals surface area contributed by atoms with Gasteiger partial charge in [-0.15, -0.1) is 0 Å². The van der Waals surface area contributed by atoms with Crippen molar-refractivity contribution in [3.05, 3.63) is 17.0 Å². The summed E-state index contributed by atoms with van der Waals surface area (Å²) >= 11 is 0. The Hall–Kier alpha value is -1.05. The van der Waals surface area contributed by atoms with Crippen LogP contribution in [-0.2, 0) is 0 Å². The summed E-state index contributed by atoms with van der Waals surface area (Å²) in [5, 5.41) is 2.37. The largest absolute Gasteiger partial charge is 0.345 e. The lowest BCUT2D eigenvalue weighted by Crippen LogP contribution is -2.26. The minimum absolute atomic E-state index is 0.816. The fraction of sp³-hybridized carbons (Fsp3) is 0.500. The van der Waals surface area contributed by atoms with Gasteiger partial charge in [0, 0.05) is 0 Å². The molecule has 2 aliphatic rings. The predicted octanol–water partition coefficient (Wildman–Crippen LogP) is 0.647. The minimum atomic E-state index is 0.816. The summed E-state index contributed by atoms with van der Waals surface area (Å²) < 4.78 is 0. The number of nitrogens with one attached hydrogen (secondary N) is 1. The SMILES string of the molecule is C1=c2nc[nH]c2=CC2CC12.CC. The summed E-state index contributed by atoms with van der Waals surface area (Å²) in [7, 11) is 0. The highest BCUT2D eigenvalue weighted by Crippen LogP contribution is 2.41. The molecule has 1 saturated carbocycles. The van der Waals surface area contributed by atoms with Crippen LogP contribution in [0.4, 0.5) is 0 Å². The molecule has 2 aliphatic carbocycles. The zero-order chi connectivity index (χ0) is 8.55. The van der Waals surface area contributed by atoms with E-state index in [-0.39, 0.29) is 0 Å². The second-order valence-electron chi connectivity index (χ2n) is 3.10. The van der Waals surface area contributed by atoms with Crippen molar-refractivity contribution in [3.8, 4) is 0 Å². The summed E-state index contributed by atoms with van der Waals surface area (Å²) in [5.41, 5.74) is 0. The Morgan fingerprint density at radius 2 is 2.08 bits per heavy atom. The lowest BCUT2D eigenvalue weighted by atomic mass is 10.2. The molecule has 1 N–H and O–H groups in total. The second-order valence-corrected chi connectivity index (χ2v) is 3.10. The van der Waals surface area contributed by atoms with Crippen LogP contribution in [0.2, 0.25) is 0 Å². The van der Waals surface area contributed by atoms with Crippen LogP contribution in [0.15, 0.2) is 6.33 Å². The fourth-order valence-corrected chi connectivity index (χ4v) is 1.62. The lowest BCUT2D eigenvalue weighted by Gasteiger charge is -1.89. The van der Waals surface area contributed by atoms with Gasteiger partial charge >= 0.3 is 0 Å². The molecule has 2 heteroatoms. The van der Waals surface area contributed by atoms with Crippen LogP contribution in [0.3, 0.4) is 0 Å². The third kappa shape index (κ3) is 1.07. The monoisotopic (exact) mass is 162 g/mol. The molecular weight excluding hydrogens is 148 g/mol. The standard InChI is InChI=1S/C8H8N2.C2H6/c1-5-2-7-8(3-6(1)5)10-4-9-7;1-2/h2-6H,1H2,(H,9,10);1-2H3. The number of imidazole rings is 1. The average molecular weight is 162 g/mol. The quantitative estimate of drug-likeness (QED) is 0.596. The van der Waals surface area contributed by atoms with Gasteiger partial charge in [-0.25, -0.2) is 4.98 Å². The number of rotatable bonds is 0. The number of hydrogen-bond donors (Lipinski definition) is 1. The third-order valence-electron chi connectivity index (χ3n) is 2.34. The first-order valence-corrected chi connectivity index (χ1v) is 4.66. The average Bonchev–Trinajstić information content (AvgIpc) is 2.72. The highest BCUT2D eigenvalue weighted by atomic mass is 14.9. The Morgan fingerprint density at radius 3 is 2.92 bits per heavy atom. The van der Waals surface area contributed by atoms with Crippen molar-refractivity contribution in [2.45, 2.75) is 20.3 Å². The molecule has 0 aliphatic heterocycles. The maximum atomic E-state index is 4.19. The van der Waals surface area contributed by atoms with E-state index in [0.717, 1.165) is 17.2 Å². The van der Waals surface area contributed by atoms with Gasteiger partial charge in [0.2, 0.25) is 0 Å². The molecule has 3 rings (SSSR count). The molecule has 1 fully saturated rings. The van der Waals surface area contributed by atoms with Gasteiger partial charge < -0.3 is 4.98 Å². The van der Waals surface area contributed by atoms with Gasteiger partial charge in [-0.2, -0.15) is 0 Å². The van der Waals surface area contributed by atoms with E-state index in [1.807, 2.05) is 13.8 Å². The summed E-state index contributed by atoms with van der Waals surface area (Å²) in [4.78, 5) is 7.31. The van der Waals surface area contributed by atoms with E-state index in [1.165, 1.54) is 11.8 Å². The van der Waals surface area contributed by atoms with E-state index in [9.17, 15) is 0 Å². The molecule has 1 aromatic heterocycles. The van der Waals surface area contributed by atoms with Crippen molar-refractivity contribution >= 4 is 12.2 Å². The van der Waals surface area contributed by atoms with Crippen molar-refractivity contribution < 1.29 is 0 Å². The zero-order valence-corrected chi connectivity index (χ0v) is 7.54. The number of hydrogen-bond acceptors (Lipinski definition) is 1. The lowest BCUT2D eigenvalue weighted by molar-refractivity contribution is 1.04. The van der Waals surface area contributed by atoms with Crippen LogP contribution >= 0.6 is 0 Å². The van der Waals surface area contributed by atoms with Gasteiger partial charge in [-0.1, -0.05) is 26.0 Å². The summed E-state index contributed by atoms with van der Waals surface area (Å²) in [6, 6.07) is 0. The van der Waals surface area contributed by atoms with Crippen LogP contribution in [-0.4, -0.2) is 9.97 Å². The number of aromatic nitrogens is 2. The van der Waals surface area contributed by atoms with E-state index in [4.69, 9.17) is 0 Å². The first kappa shape index (κ1) is 7.59. The molecule has 1 heterocycles. The third-order valence-corrected chi connectivity index (χ3v) is 2.34. The summed E-state index contributed by atoms with van der Waals surface area (Å²) in [6.45, 7) is 4.00. The minimum Gasteiger partial charge on any atom is -0.345 e. The Labute approximate surface area is 72.0 Å². The van der Waals surface area contributed by atoms with E-state index in [2.05, 4.69) is 22.1 Å². The topological polar surface area (TPSA) is 28.7 Å². The molecule has 0 bridgehead atoms. The Balaban J connectivity index is 0.000000264. The molecule has 2 nitrogen and oxygen atoms in total. The molecule has 0 spiro atoms. The second kappa shape index (κ2) is 2.77. The van der Waals surface area contributed by atoms with Crippen molar-refractivity contribution in [2.75, 3.05) is 0 Å². The van der Waals surface area contributed by atoms with Crippen LogP contribution in [0.25, 0.3) is 12.2 Å². The van der Waals surface area contributed by atoms with E-state index >= 15 is 0 Å². The number of H-pyrrole nitrogens is 1. The van der Waals surface area contributed by atoms with E-state index < -0.39 is 0 Å². The molecule has 0 amide bonds. The first-order chi connectivity index (χ1) is 5.93. The highest BCUT2D eigenvalue weighted by Gasteiger charge is 2.34. The van der Waals surface area contributed by atoms with E-state index in [1.54, 1.807) is 6.33 Å². The molecule has 12 heavy (non-hydrogen) atoms. The molecule has 1 aromatic rings. The van der Waals surface area contributed by atoms with Crippen LogP contribution in [0.5, 0.6) is 0 Å². The summed E-state index contributed by atoms with van der Waals surface area (Å²) in [6.07, 6.45) is 7.68. The zero-order valence-electron chi connectivity index (χ0n) is 7.54. The van der Waals surface area contributed by atoms with E-state index in [0.29, 0.717) is 0 Å². The molecule has 0 aromatic carbocycles. The highest BCUT2D eigenvalue weighted by molar-refractivity contribution is 5.46. The maximum Gasteiger partial charge on any atom is 0.0931 e. The molecule has 2 atom stereocenters. The first-order valence-electron chi connectivity index (χ1n) is 4.66. The number of fused-ring (bicyclic) bond motifs is 2.